The van der Waals surface area contributed by atoms with Crippen LogP contribution in [0.25, 0.3) is 0 Å². The summed E-state index contributed by atoms with van der Waals surface area (Å²) in [6.45, 7) is 3.94. The smallest absolute Gasteiger partial charge is 0.240 e. The summed E-state index contributed by atoms with van der Waals surface area (Å²) < 4.78 is 55.9. The Balaban J connectivity index is 2.12. The van der Waals surface area contributed by atoms with Gasteiger partial charge in [0.15, 0.2) is 9.84 Å². The standard InChI is InChI=1S/C17H21NO5S2/c1-13(2)23-15-9-7-14(8-10-15)12-18-25(21,22)17-6-4-5-16(11-17)24(3,19)20/h4-11,13,18H,12H2,1-3H3. The largest absolute Gasteiger partial charge is 0.491 e. The molecule has 0 aliphatic heterocycles. The van der Waals surface area contributed by atoms with Gasteiger partial charge in [-0.3, -0.25) is 0 Å². The van der Waals surface area contributed by atoms with Crippen LogP contribution >= 0.6 is 0 Å². The molecule has 6 nitrogen and oxygen atoms in total. The summed E-state index contributed by atoms with van der Waals surface area (Å²) in [6, 6.07) is 12.4. The summed E-state index contributed by atoms with van der Waals surface area (Å²) in [5.74, 6) is 0.711. The fourth-order valence-corrected chi connectivity index (χ4v) is 3.90. The molecule has 0 bridgehead atoms. The Morgan fingerprint density at radius 2 is 1.56 bits per heavy atom. The number of hydrogen-bond donors (Lipinski definition) is 1. The van der Waals surface area contributed by atoms with Gasteiger partial charge in [0.1, 0.15) is 5.75 Å². The minimum Gasteiger partial charge on any atom is -0.491 e. The van der Waals surface area contributed by atoms with Gasteiger partial charge in [-0.2, -0.15) is 0 Å². The fourth-order valence-electron chi connectivity index (χ4n) is 2.09. The van der Waals surface area contributed by atoms with Gasteiger partial charge < -0.3 is 4.74 Å². The van der Waals surface area contributed by atoms with E-state index in [-0.39, 0.29) is 22.4 Å². The first-order valence-electron chi connectivity index (χ1n) is 7.63. The van der Waals surface area contributed by atoms with E-state index in [9.17, 15) is 16.8 Å². The van der Waals surface area contributed by atoms with Crippen LogP contribution in [0.1, 0.15) is 19.4 Å². The van der Waals surface area contributed by atoms with Gasteiger partial charge in [0.25, 0.3) is 0 Å². The lowest BCUT2D eigenvalue weighted by Gasteiger charge is -2.11. The third-order valence-electron chi connectivity index (χ3n) is 3.31. The van der Waals surface area contributed by atoms with Crippen molar-refractivity contribution in [2.45, 2.75) is 36.3 Å². The molecular formula is C17H21NO5S2. The van der Waals surface area contributed by atoms with Gasteiger partial charge >= 0.3 is 0 Å². The molecule has 25 heavy (non-hydrogen) atoms. The molecule has 0 heterocycles. The molecule has 0 aromatic heterocycles. The lowest BCUT2D eigenvalue weighted by Crippen LogP contribution is -2.23. The van der Waals surface area contributed by atoms with Gasteiger partial charge in [-0.1, -0.05) is 18.2 Å². The topological polar surface area (TPSA) is 89.5 Å². The molecule has 0 atom stereocenters. The highest BCUT2D eigenvalue weighted by molar-refractivity contribution is 7.91. The molecule has 0 aliphatic carbocycles. The van der Waals surface area contributed by atoms with Gasteiger partial charge in [0.2, 0.25) is 10.0 Å². The Kier molecular flexibility index (Phi) is 5.87. The number of nitrogens with one attached hydrogen (secondary N) is 1. The second-order valence-corrected chi connectivity index (χ2v) is 9.66. The number of sulfonamides is 1. The first-order chi connectivity index (χ1) is 11.6. The quantitative estimate of drug-likeness (QED) is 0.793. The van der Waals surface area contributed by atoms with Crippen molar-refractivity contribution in [2.24, 2.45) is 0 Å². The molecule has 0 saturated carbocycles. The van der Waals surface area contributed by atoms with Crippen LogP contribution < -0.4 is 9.46 Å². The summed E-state index contributed by atoms with van der Waals surface area (Å²) in [6.07, 6.45) is 1.10. The summed E-state index contributed by atoms with van der Waals surface area (Å²) in [7, 11) is -7.29. The molecule has 0 aliphatic rings. The zero-order valence-corrected chi connectivity index (χ0v) is 15.9. The summed E-state index contributed by atoms with van der Waals surface area (Å²) in [5, 5.41) is 0. The van der Waals surface area contributed by atoms with Crippen molar-refractivity contribution in [1.29, 1.82) is 0 Å². The van der Waals surface area contributed by atoms with Crippen LogP contribution in [0.2, 0.25) is 0 Å². The Hall–Kier alpha value is -1.90. The van der Waals surface area contributed by atoms with Crippen molar-refractivity contribution in [1.82, 2.24) is 4.72 Å². The lowest BCUT2D eigenvalue weighted by molar-refractivity contribution is 0.242. The molecule has 0 radical (unpaired) electrons. The van der Waals surface area contributed by atoms with Crippen LogP contribution in [0.3, 0.4) is 0 Å². The highest BCUT2D eigenvalue weighted by atomic mass is 32.2. The normalized spacial score (nSPS) is 12.3. The van der Waals surface area contributed by atoms with E-state index in [0.29, 0.717) is 5.75 Å². The fraction of sp³-hybridized carbons (Fsp3) is 0.294. The predicted octanol–water partition coefficient (Wildman–Crippen LogP) is 2.36. The molecule has 2 aromatic rings. The minimum absolute atomic E-state index is 0.0365. The first kappa shape index (κ1) is 19.4. The Morgan fingerprint density at radius 3 is 2.12 bits per heavy atom. The molecule has 0 fully saturated rings. The molecule has 2 rings (SSSR count). The average molecular weight is 383 g/mol. The van der Waals surface area contributed by atoms with E-state index in [1.807, 2.05) is 13.8 Å². The third-order valence-corrected chi connectivity index (χ3v) is 5.81. The highest BCUT2D eigenvalue weighted by Gasteiger charge is 2.17. The number of rotatable bonds is 7. The van der Waals surface area contributed by atoms with Gasteiger partial charge in [0, 0.05) is 12.8 Å². The Bertz CT molecular complexity index is 933. The Morgan fingerprint density at radius 1 is 0.960 bits per heavy atom. The minimum atomic E-state index is -3.82. The highest BCUT2D eigenvalue weighted by Crippen LogP contribution is 2.17. The van der Waals surface area contributed by atoms with Crippen molar-refractivity contribution in [2.75, 3.05) is 6.26 Å². The number of sulfone groups is 1. The van der Waals surface area contributed by atoms with E-state index >= 15 is 0 Å². The predicted molar refractivity (Wildman–Crippen MR) is 95.8 cm³/mol. The van der Waals surface area contributed by atoms with E-state index in [4.69, 9.17) is 4.74 Å². The van der Waals surface area contributed by atoms with Crippen molar-refractivity contribution in [3.05, 3.63) is 54.1 Å². The van der Waals surface area contributed by atoms with Crippen LogP contribution in [-0.2, 0) is 26.4 Å². The van der Waals surface area contributed by atoms with Gasteiger partial charge in [0.05, 0.1) is 15.9 Å². The SMILES string of the molecule is CC(C)Oc1ccc(CNS(=O)(=O)c2cccc(S(C)(=O)=O)c2)cc1. The van der Waals surface area contributed by atoms with E-state index in [0.717, 1.165) is 17.9 Å². The number of hydrogen-bond acceptors (Lipinski definition) is 5. The van der Waals surface area contributed by atoms with Crippen molar-refractivity contribution in [3.8, 4) is 5.75 Å². The molecule has 136 valence electrons. The maximum atomic E-state index is 12.4. The summed E-state index contributed by atoms with van der Waals surface area (Å²) >= 11 is 0. The molecule has 8 heteroatoms. The van der Waals surface area contributed by atoms with E-state index in [1.165, 1.54) is 18.2 Å². The summed E-state index contributed by atoms with van der Waals surface area (Å²) in [4.78, 5) is -0.124. The first-order valence-corrected chi connectivity index (χ1v) is 11.0. The molecule has 0 saturated heterocycles. The van der Waals surface area contributed by atoms with E-state index < -0.39 is 19.9 Å². The monoisotopic (exact) mass is 383 g/mol. The molecule has 1 N–H and O–H groups in total. The second kappa shape index (κ2) is 7.55. The summed E-state index contributed by atoms with van der Waals surface area (Å²) in [5.41, 5.74) is 0.763. The molecule has 0 amide bonds. The molecule has 0 spiro atoms. The Labute approximate surface area is 148 Å². The van der Waals surface area contributed by atoms with Crippen LogP contribution in [0.15, 0.2) is 58.3 Å². The van der Waals surface area contributed by atoms with Crippen molar-refractivity contribution in [3.63, 3.8) is 0 Å². The van der Waals surface area contributed by atoms with Crippen LogP contribution in [-0.4, -0.2) is 29.2 Å². The van der Waals surface area contributed by atoms with Crippen molar-refractivity contribution < 1.29 is 21.6 Å². The van der Waals surface area contributed by atoms with Gasteiger partial charge in [-0.25, -0.2) is 21.6 Å². The van der Waals surface area contributed by atoms with Crippen molar-refractivity contribution >= 4 is 19.9 Å². The average Bonchev–Trinajstić information content (AvgIpc) is 2.53. The second-order valence-electron chi connectivity index (χ2n) is 5.88. The van der Waals surface area contributed by atoms with Gasteiger partial charge in [-0.05, 0) is 49.7 Å². The molecule has 0 unspecified atom stereocenters. The van der Waals surface area contributed by atoms with Crippen LogP contribution in [0.5, 0.6) is 5.75 Å². The number of benzene rings is 2. The molecular weight excluding hydrogens is 362 g/mol. The van der Waals surface area contributed by atoms with Gasteiger partial charge in [-0.15, -0.1) is 0 Å². The number of ether oxygens (including phenoxy) is 1. The van der Waals surface area contributed by atoms with E-state index in [1.54, 1.807) is 24.3 Å². The van der Waals surface area contributed by atoms with Crippen LogP contribution in [0.4, 0.5) is 0 Å². The third kappa shape index (κ3) is 5.55. The van der Waals surface area contributed by atoms with Crippen LogP contribution in [0, 0.1) is 0 Å². The van der Waals surface area contributed by atoms with E-state index in [2.05, 4.69) is 4.72 Å². The molecule has 2 aromatic carbocycles. The zero-order chi connectivity index (χ0) is 18.7. The lowest BCUT2D eigenvalue weighted by atomic mass is 10.2. The maximum absolute atomic E-state index is 12.4. The zero-order valence-electron chi connectivity index (χ0n) is 14.3. The maximum Gasteiger partial charge on any atom is 0.240 e.